The van der Waals surface area contributed by atoms with Crippen molar-refractivity contribution in [2.24, 2.45) is 5.92 Å². The molecule has 0 saturated carbocycles. The van der Waals surface area contributed by atoms with Crippen molar-refractivity contribution in [3.8, 4) is 0 Å². The number of halogens is 1. The van der Waals surface area contributed by atoms with Crippen molar-refractivity contribution in [3.05, 3.63) is 22.4 Å². The van der Waals surface area contributed by atoms with Crippen LogP contribution in [0, 0.1) is 5.92 Å². The number of rotatable bonds is 4. The van der Waals surface area contributed by atoms with Crippen molar-refractivity contribution in [2.45, 2.75) is 25.8 Å². The number of hydrogen-bond acceptors (Lipinski definition) is 3. The van der Waals surface area contributed by atoms with Crippen molar-refractivity contribution >= 4 is 29.7 Å². The van der Waals surface area contributed by atoms with E-state index in [1.807, 2.05) is 11.4 Å². The molecule has 1 saturated heterocycles. The van der Waals surface area contributed by atoms with Gasteiger partial charge in [-0.05, 0) is 43.3 Å². The summed E-state index contributed by atoms with van der Waals surface area (Å²) in [5.41, 5.74) is 0. The molecule has 2 N–H and O–H groups in total. The Balaban J connectivity index is 0.00000144. The first-order valence-corrected chi connectivity index (χ1v) is 6.72. The Hall–Kier alpha value is -0.580. The van der Waals surface area contributed by atoms with Gasteiger partial charge in [0.25, 0.3) is 0 Å². The second kappa shape index (κ2) is 7.69. The van der Waals surface area contributed by atoms with Crippen molar-refractivity contribution in [1.82, 2.24) is 10.6 Å². The summed E-state index contributed by atoms with van der Waals surface area (Å²) >= 11 is 1.69. The normalized spacial score (nSPS) is 16.2. The van der Waals surface area contributed by atoms with Crippen LogP contribution in [0.3, 0.4) is 0 Å². The molecule has 0 unspecified atom stereocenters. The maximum atomic E-state index is 11.7. The lowest BCUT2D eigenvalue weighted by Crippen LogP contribution is -2.32. The SMILES string of the molecule is Cl.O=C(CC1CCNCC1)NCc1cccs1. The van der Waals surface area contributed by atoms with Crippen LogP contribution in [0.2, 0.25) is 0 Å². The summed E-state index contributed by atoms with van der Waals surface area (Å²) in [5, 5.41) is 8.33. The minimum absolute atomic E-state index is 0. The Morgan fingerprint density at radius 1 is 1.47 bits per heavy atom. The van der Waals surface area contributed by atoms with E-state index in [0.29, 0.717) is 18.9 Å². The summed E-state index contributed by atoms with van der Waals surface area (Å²) in [6.45, 7) is 2.80. The zero-order valence-corrected chi connectivity index (χ0v) is 11.4. The smallest absolute Gasteiger partial charge is 0.220 e. The predicted molar refractivity (Wildman–Crippen MR) is 73.6 cm³/mol. The van der Waals surface area contributed by atoms with Gasteiger partial charge in [-0.1, -0.05) is 6.07 Å². The van der Waals surface area contributed by atoms with E-state index in [4.69, 9.17) is 0 Å². The largest absolute Gasteiger partial charge is 0.351 e. The van der Waals surface area contributed by atoms with Gasteiger partial charge in [-0.3, -0.25) is 4.79 Å². The van der Waals surface area contributed by atoms with Crippen molar-refractivity contribution < 1.29 is 4.79 Å². The average Bonchev–Trinajstić information content (AvgIpc) is 2.81. The molecular weight excluding hydrogens is 256 g/mol. The highest BCUT2D eigenvalue weighted by Crippen LogP contribution is 2.15. The molecule has 17 heavy (non-hydrogen) atoms. The highest BCUT2D eigenvalue weighted by atomic mass is 35.5. The quantitative estimate of drug-likeness (QED) is 0.884. The first kappa shape index (κ1) is 14.5. The standard InChI is InChI=1S/C12H18N2OS.ClH/c15-12(8-10-3-5-13-6-4-10)14-9-11-2-1-7-16-11;/h1-2,7,10,13H,3-6,8-9H2,(H,14,15);1H. The average molecular weight is 275 g/mol. The Morgan fingerprint density at radius 3 is 2.88 bits per heavy atom. The van der Waals surface area contributed by atoms with Crippen LogP contribution < -0.4 is 10.6 Å². The lowest BCUT2D eigenvalue weighted by Gasteiger charge is -2.21. The van der Waals surface area contributed by atoms with Gasteiger partial charge < -0.3 is 10.6 Å². The summed E-state index contributed by atoms with van der Waals surface area (Å²) in [7, 11) is 0. The van der Waals surface area contributed by atoms with E-state index in [0.717, 1.165) is 25.9 Å². The van der Waals surface area contributed by atoms with E-state index in [-0.39, 0.29) is 18.3 Å². The highest BCUT2D eigenvalue weighted by Gasteiger charge is 2.16. The van der Waals surface area contributed by atoms with E-state index in [1.54, 1.807) is 11.3 Å². The molecule has 2 heterocycles. The third kappa shape index (κ3) is 5.06. The van der Waals surface area contributed by atoms with E-state index in [2.05, 4.69) is 16.7 Å². The number of piperidine rings is 1. The first-order chi connectivity index (χ1) is 7.84. The predicted octanol–water partition coefficient (Wildman–Crippen LogP) is 2.18. The van der Waals surface area contributed by atoms with Gasteiger partial charge in [0.2, 0.25) is 5.91 Å². The molecule has 1 aliphatic rings. The fraction of sp³-hybridized carbons (Fsp3) is 0.583. The third-order valence-electron chi connectivity index (χ3n) is 2.97. The van der Waals surface area contributed by atoms with Crippen LogP contribution in [0.25, 0.3) is 0 Å². The first-order valence-electron chi connectivity index (χ1n) is 5.84. The van der Waals surface area contributed by atoms with Gasteiger partial charge in [0.1, 0.15) is 0 Å². The summed E-state index contributed by atoms with van der Waals surface area (Å²) in [6, 6.07) is 4.06. The fourth-order valence-electron chi connectivity index (χ4n) is 2.02. The molecule has 96 valence electrons. The van der Waals surface area contributed by atoms with Crippen molar-refractivity contribution in [2.75, 3.05) is 13.1 Å². The molecule has 0 radical (unpaired) electrons. The number of nitrogens with one attached hydrogen (secondary N) is 2. The monoisotopic (exact) mass is 274 g/mol. The van der Waals surface area contributed by atoms with Gasteiger partial charge >= 0.3 is 0 Å². The van der Waals surface area contributed by atoms with E-state index in [9.17, 15) is 4.79 Å². The van der Waals surface area contributed by atoms with Gasteiger partial charge in [0.15, 0.2) is 0 Å². The number of amides is 1. The van der Waals surface area contributed by atoms with Gasteiger partial charge in [-0.2, -0.15) is 0 Å². The van der Waals surface area contributed by atoms with E-state index >= 15 is 0 Å². The molecule has 1 amide bonds. The zero-order valence-electron chi connectivity index (χ0n) is 9.78. The minimum atomic E-state index is 0. The molecule has 5 heteroatoms. The summed E-state index contributed by atoms with van der Waals surface area (Å²) < 4.78 is 0. The third-order valence-corrected chi connectivity index (χ3v) is 3.85. The lowest BCUT2D eigenvalue weighted by molar-refractivity contribution is -0.122. The van der Waals surface area contributed by atoms with Gasteiger partial charge in [0, 0.05) is 11.3 Å². The highest BCUT2D eigenvalue weighted by molar-refractivity contribution is 7.09. The molecule has 0 atom stereocenters. The van der Waals surface area contributed by atoms with E-state index < -0.39 is 0 Å². The summed E-state index contributed by atoms with van der Waals surface area (Å²) in [5.74, 6) is 0.768. The van der Waals surface area contributed by atoms with Crippen LogP contribution >= 0.6 is 23.7 Å². The van der Waals surface area contributed by atoms with Crippen LogP contribution in [-0.2, 0) is 11.3 Å². The summed E-state index contributed by atoms with van der Waals surface area (Å²) in [4.78, 5) is 12.9. The number of hydrogen-bond donors (Lipinski definition) is 2. The Kier molecular flexibility index (Phi) is 6.55. The van der Waals surface area contributed by atoms with Gasteiger partial charge in [0.05, 0.1) is 6.54 Å². The molecule has 1 fully saturated rings. The Bertz CT molecular complexity index is 323. The topological polar surface area (TPSA) is 41.1 Å². The molecule has 3 nitrogen and oxygen atoms in total. The van der Waals surface area contributed by atoms with Crippen molar-refractivity contribution in [1.29, 1.82) is 0 Å². The number of carbonyl (C=O) groups is 1. The molecular formula is C12H19ClN2OS. The maximum Gasteiger partial charge on any atom is 0.220 e. The Morgan fingerprint density at radius 2 is 2.24 bits per heavy atom. The number of thiophene rings is 1. The van der Waals surface area contributed by atoms with E-state index in [1.165, 1.54) is 4.88 Å². The zero-order chi connectivity index (χ0) is 11.2. The molecule has 0 aliphatic carbocycles. The molecule has 2 rings (SSSR count). The fourth-order valence-corrected chi connectivity index (χ4v) is 2.66. The Labute approximate surface area is 112 Å². The molecule has 1 aromatic heterocycles. The second-order valence-electron chi connectivity index (χ2n) is 4.25. The van der Waals surface area contributed by atoms with Crippen LogP contribution in [0.4, 0.5) is 0 Å². The van der Waals surface area contributed by atoms with Crippen molar-refractivity contribution in [3.63, 3.8) is 0 Å². The van der Waals surface area contributed by atoms with Crippen LogP contribution in [0.5, 0.6) is 0 Å². The molecule has 0 bridgehead atoms. The lowest BCUT2D eigenvalue weighted by atomic mass is 9.94. The molecule has 0 spiro atoms. The molecule has 1 aromatic rings. The minimum Gasteiger partial charge on any atom is -0.351 e. The maximum absolute atomic E-state index is 11.7. The number of carbonyl (C=O) groups excluding carboxylic acids is 1. The summed E-state index contributed by atoms with van der Waals surface area (Å²) in [6.07, 6.45) is 2.95. The van der Waals surface area contributed by atoms with Crippen LogP contribution in [0.1, 0.15) is 24.1 Å². The van der Waals surface area contributed by atoms with Crippen LogP contribution in [-0.4, -0.2) is 19.0 Å². The second-order valence-corrected chi connectivity index (χ2v) is 5.29. The van der Waals surface area contributed by atoms with Gasteiger partial charge in [-0.15, -0.1) is 23.7 Å². The van der Waals surface area contributed by atoms with Gasteiger partial charge in [-0.25, -0.2) is 0 Å². The molecule has 0 aromatic carbocycles. The molecule has 1 aliphatic heterocycles. The van der Waals surface area contributed by atoms with Crippen LogP contribution in [0.15, 0.2) is 17.5 Å².